The Morgan fingerprint density at radius 2 is 1.72 bits per heavy atom. The van der Waals surface area contributed by atoms with Crippen molar-refractivity contribution in [3.63, 3.8) is 0 Å². The van der Waals surface area contributed by atoms with Gasteiger partial charge in [-0.1, -0.05) is 48.5 Å². The number of carbonyl (C=O) groups is 4. The van der Waals surface area contributed by atoms with Crippen LogP contribution in [-0.4, -0.2) is 56.1 Å². The monoisotopic (exact) mass is 492 g/mol. The molecule has 2 unspecified atom stereocenters. The molecule has 10 nitrogen and oxygen atoms in total. The van der Waals surface area contributed by atoms with E-state index in [1.165, 1.54) is 0 Å². The summed E-state index contributed by atoms with van der Waals surface area (Å²) in [7, 11) is 0. The molecule has 3 amide bonds. The molecule has 2 atom stereocenters. The molecule has 1 aromatic heterocycles. The van der Waals surface area contributed by atoms with Gasteiger partial charge >= 0.3 is 12.1 Å². The third-order valence-electron chi connectivity index (χ3n) is 6.62. The Labute approximate surface area is 207 Å². The van der Waals surface area contributed by atoms with Crippen LogP contribution < -0.4 is 10.6 Å². The minimum Gasteiger partial charge on any atom is -0.481 e. The molecule has 0 radical (unpaired) electrons. The predicted molar refractivity (Wildman–Crippen MR) is 131 cm³/mol. The molecule has 0 fully saturated rings. The van der Waals surface area contributed by atoms with Crippen LogP contribution in [0.3, 0.4) is 0 Å². The van der Waals surface area contributed by atoms with Crippen molar-refractivity contribution in [3.05, 3.63) is 71.4 Å². The van der Waals surface area contributed by atoms with Gasteiger partial charge in [0.05, 0.1) is 19.0 Å². The molecule has 0 bridgehead atoms. The fraction of sp³-hybridized carbons (Fsp3) is 0.308. The summed E-state index contributed by atoms with van der Waals surface area (Å²) in [4.78, 5) is 53.2. The molecule has 2 aromatic carbocycles. The van der Waals surface area contributed by atoms with Crippen LogP contribution in [0.15, 0.2) is 54.6 Å². The second-order valence-corrected chi connectivity index (χ2v) is 9.08. The average Bonchev–Trinajstić information content (AvgIpc) is 3.22. The highest BCUT2D eigenvalue weighted by molar-refractivity contribution is 5.93. The summed E-state index contributed by atoms with van der Waals surface area (Å²) in [5.74, 6) is -2.02. The Morgan fingerprint density at radius 1 is 1.03 bits per heavy atom. The number of para-hydroxylation sites is 1. The van der Waals surface area contributed by atoms with Crippen molar-refractivity contribution in [1.29, 1.82) is 0 Å². The molecule has 4 rings (SSSR count). The smallest absolute Gasteiger partial charge is 0.408 e. The van der Waals surface area contributed by atoms with Gasteiger partial charge in [-0.15, -0.1) is 0 Å². The quantitative estimate of drug-likeness (QED) is 0.326. The van der Waals surface area contributed by atoms with E-state index in [9.17, 15) is 24.3 Å². The van der Waals surface area contributed by atoms with Crippen molar-refractivity contribution in [2.24, 2.45) is 0 Å². The first-order valence-corrected chi connectivity index (χ1v) is 11.6. The number of fused-ring (bicyclic) bond motifs is 3. The maximum absolute atomic E-state index is 13.5. The first kappa shape index (κ1) is 24.8. The minimum atomic E-state index is -1.38. The van der Waals surface area contributed by atoms with E-state index in [1.54, 1.807) is 31.2 Å². The zero-order valence-electron chi connectivity index (χ0n) is 19.8. The number of carboxylic acid groups (broad SMARTS) is 2. The van der Waals surface area contributed by atoms with Crippen LogP contribution in [0.1, 0.15) is 42.6 Å². The molecule has 1 aliphatic heterocycles. The van der Waals surface area contributed by atoms with Gasteiger partial charge in [0.25, 0.3) is 0 Å². The summed E-state index contributed by atoms with van der Waals surface area (Å²) in [6, 6.07) is 16.0. The average molecular weight is 493 g/mol. The van der Waals surface area contributed by atoms with Crippen molar-refractivity contribution >= 4 is 34.8 Å². The maximum atomic E-state index is 13.5. The highest BCUT2D eigenvalue weighted by Crippen LogP contribution is 2.35. The summed E-state index contributed by atoms with van der Waals surface area (Å²) in [6.07, 6.45) is -1.52. The standard InChI is InChI=1S/C26H28N4O6/c1-26(13-18-17-9-5-6-10-19(17)28-21(18)15-30(26)25(35)36)24(34)27-14-20(16-7-3-2-4-8-16)29-22(31)11-12-23(32)33/h2-10,20,28H,11-15H2,1H3,(H,27,34)(H,29,31)(H,32,33)(H,35,36). The van der Waals surface area contributed by atoms with E-state index in [0.29, 0.717) is 0 Å². The van der Waals surface area contributed by atoms with Crippen LogP contribution in [0.2, 0.25) is 0 Å². The number of hydrogen-bond donors (Lipinski definition) is 5. The van der Waals surface area contributed by atoms with Gasteiger partial charge in [-0.05, 0) is 24.1 Å². The molecule has 0 saturated carbocycles. The van der Waals surface area contributed by atoms with Crippen molar-refractivity contribution in [1.82, 2.24) is 20.5 Å². The van der Waals surface area contributed by atoms with E-state index in [2.05, 4.69) is 15.6 Å². The molecule has 0 aliphatic carbocycles. The number of carbonyl (C=O) groups excluding carboxylic acids is 2. The number of nitrogens with zero attached hydrogens (tertiary/aromatic N) is 1. The SMILES string of the molecule is CC1(C(=O)NCC(NC(=O)CCC(=O)O)c2ccccc2)Cc2c([nH]c3ccccc23)CN1C(=O)O. The molecule has 10 heteroatoms. The lowest BCUT2D eigenvalue weighted by molar-refractivity contribution is -0.138. The van der Waals surface area contributed by atoms with Gasteiger partial charge in [-0.2, -0.15) is 0 Å². The Balaban J connectivity index is 1.55. The lowest BCUT2D eigenvalue weighted by Crippen LogP contribution is -2.62. The molecule has 5 N–H and O–H groups in total. The van der Waals surface area contributed by atoms with Crippen molar-refractivity contribution in [2.45, 2.75) is 44.3 Å². The summed E-state index contributed by atoms with van der Waals surface area (Å²) < 4.78 is 0. The van der Waals surface area contributed by atoms with Gasteiger partial charge in [0.1, 0.15) is 5.54 Å². The fourth-order valence-corrected chi connectivity index (χ4v) is 4.66. The summed E-state index contributed by atoms with van der Waals surface area (Å²) in [5, 5.41) is 25.3. The number of hydrogen-bond acceptors (Lipinski definition) is 4. The van der Waals surface area contributed by atoms with Crippen LogP contribution in [0.25, 0.3) is 10.9 Å². The van der Waals surface area contributed by atoms with Gasteiger partial charge in [-0.25, -0.2) is 4.79 Å². The topological polar surface area (TPSA) is 152 Å². The number of rotatable bonds is 8. The molecule has 36 heavy (non-hydrogen) atoms. The number of carboxylic acids is 1. The number of H-pyrrole nitrogens is 1. The second kappa shape index (κ2) is 10.1. The lowest BCUT2D eigenvalue weighted by Gasteiger charge is -2.41. The number of aromatic nitrogens is 1. The second-order valence-electron chi connectivity index (χ2n) is 9.08. The Kier molecular flexibility index (Phi) is 6.96. The fourth-order valence-electron chi connectivity index (χ4n) is 4.66. The van der Waals surface area contributed by atoms with Crippen molar-refractivity contribution in [3.8, 4) is 0 Å². The third kappa shape index (κ3) is 5.02. The maximum Gasteiger partial charge on any atom is 0.408 e. The summed E-state index contributed by atoms with van der Waals surface area (Å²) in [5.41, 5.74) is 1.90. The molecule has 1 aliphatic rings. The molecule has 0 saturated heterocycles. The predicted octanol–water partition coefficient (Wildman–Crippen LogP) is 2.80. The van der Waals surface area contributed by atoms with Gasteiger partial charge in [-0.3, -0.25) is 19.3 Å². The summed E-state index contributed by atoms with van der Waals surface area (Å²) in [6.45, 7) is 1.65. The van der Waals surface area contributed by atoms with Crippen LogP contribution in [0.4, 0.5) is 4.79 Å². The lowest BCUT2D eigenvalue weighted by atomic mass is 9.85. The van der Waals surface area contributed by atoms with Crippen molar-refractivity contribution in [2.75, 3.05) is 6.54 Å². The minimum absolute atomic E-state index is 0.00541. The number of amides is 3. The number of aromatic amines is 1. The van der Waals surface area contributed by atoms with Crippen LogP contribution in [-0.2, 0) is 27.3 Å². The van der Waals surface area contributed by atoms with Crippen LogP contribution in [0, 0.1) is 0 Å². The third-order valence-corrected chi connectivity index (χ3v) is 6.62. The number of aliphatic carboxylic acids is 1. The van der Waals surface area contributed by atoms with Crippen LogP contribution >= 0.6 is 0 Å². The zero-order chi connectivity index (χ0) is 25.9. The van der Waals surface area contributed by atoms with Gasteiger partial charge in [0.15, 0.2) is 0 Å². The Bertz CT molecular complexity index is 1300. The normalized spacial score (nSPS) is 17.8. The number of benzene rings is 2. The molecule has 3 aromatic rings. The van der Waals surface area contributed by atoms with Gasteiger partial charge in [0.2, 0.25) is 11.8 Å². The van der Waals surface area contributed by atoms with Crippen LogP contribution in [0.5, 0.6) is 0 Å². The Morgan fingerprint density at radius 3 is 2.42 bits per heavy atom. The van der Waals surface area contributed by atoms with Gasteiger partial charge < -0.3 is 25.8 Å². The van der Waals surface area contributed by atoms with E-state index in [-0.39, 0.29) is 32.4 Å². The van der Waals surface area contributed by atoms with E-state index in [4.69, 9.17) is 5.11 Å². The van der Waals surface area contributed by atoms with E-state index >= 15 is 0 Å². The highest BCUT2D eigenvalue weighted by Gasteiger charge is 2.47. The molecule has 188 valence electrons. The van der Waals surface area contributed by atoms with Crippen molar-refractivity contribution < 1.29 is 29.4 Å². The zero-order valence-corrected chi connectivity index (χ0v) is 19.8. The largest absolute Gasteiger partial charge is 0.481 e. The molecular weight excluding hydrogens is 464 g/mol. The highest BCUT2D eigenvalue weighted by atomic mass is 16.4. The number of nitrogens with one attached hydrogen (secondary N) is 3. The first-order chi connectivity index (χ1) is 17.2. The first-order valence-electron chi connectivity index (χ1n) is 11.6. The molecule has 0 spiro atoms. The molecular formula is C26H28N4O6. The molecule has 2 heterocycles. The Hall–Kier alpha value is -4.34. The van der Waals surface area contributed by atoms with Gasteiger partial charge in [0, 0.05) is 36.0 Å². The van der Waals surface area contributed by atoms with E-state index < -0.39 is 35.5 Å². The summed E-state index contributed by atoms with van der Waals surface area (Å²) >= 11 is 0. The van der Waals surface area contributed by atoms with E-state index in [0.717, 1.165) is 32.6 Å². The van der Waals surface area contributed by atoms with E-state index in [1.807, 2.05) is 30.3 Å².